The van der Waals surface area contributed by atoms with E-state index in [1.54, 1.807) is 6.20 Å². The monoisotopic (exact) mass is 530 g/mol. The van der Waals surface area contributed by atoms with Crippen LogP contribution in [0.15, 0.2) is 18.3 Å². The molecule has 0 aliphatic heterocycles. The lowest BCUT2D eigenvalue weighted by atomic mass is 10.1. The van der Waals surface area contributed by atoms with E-state index >= 15 is 0 Å². The quantitative estimate of drug-likeness (QED) is 0.294. The van der Waals surface area contributed by atoms with Crippen molar-refractivity contribution in [2.75, 3.05) is 10.6 Å². The summed E-state index contributed by atoms with van der Waals surface area (Å²) in [4.78, 5) is 25.5. The number of anilines is 3. The number of carbonyl (C=O) groups excluding carboxylic acids is 1. The van der Waals surface area contributed by atoms with Crippen molar-refractivity contribution in [1.82, 2.24) is 19.5 Å². The van der Waals surface area contributed by atoms with E-state index in [0.29, 0.717) is 47.2 Å². The number of benzene rings is 1. The van der Waals surface area contributed by atoms with Gasteiger partial charge < -0.3 is 21.5 Å². The highest BCUT2D eigenvalue weighted by Crippen LogP contribution is 2.37. The number of nitrogens with one attached hydrogen (secondary N) is 2. The van der Waals surface area contributed by atoms with E-state index in [0.717, 1.165) is 25.7 Å². The van der Waals surface area contributed by atoms with Crippen molar-refractivity contribution < 1.29 is 9.90 Å². The summed E-state index contributed by atoms with van der Waals surface area (Å²) >= 11 is 12.9. The van der Waals surface area contributed by atoms with Crippen molar-refractivity contribution in [2.45, 2.75) is 70.1 Å². The van der Waals surface area contributed by atoms with Gasteiger partial charge in [-0.05, 0) is 44.2 Å². The first-order valence-corrected chi connectivity index (χ1v) is 12.7. The summed E-state index contributed by atoms with van der Waals surface area (Å²) in [5, 5.41) is 26.2. The number of fused-ring (bicyclic) bond motifs is 1. The number of rotatable bonds is 10. The number of hydrogen-bond acceptors (Lipinski definition) is 8. The van der Waals surface area contributed by atoms with E-state index in [2.05, 4.69) is 22.5 Å². The molecular formula is C24H28Cl2N8O2. The number of nitrogens with zero attached hydrogens (tertiary/aromatic N) is 5. The highest BCUT2D eigenvalue weighted by Gasteiger charge is 2.25. The number of carbonyl (C=O) groups is 1. The van der Waals surface area contributed by atoms with E-state index < -0.39 is 0 Å². The number of nitriles is 1. The van der Waals surface area contributed by atoms with E-state index in [4.69, 9.17) is 38.9 Å². The van der Waals surface area contributed by atoms with Crippen LogP contribution in [0.4, 0.5) is 17.6 Å². The summed E-state index contributed by atoms with van der Waals surface area (Å²) in [6, 6.07) is 5.03. The maximum atomic E-state index is 11.6. The first kappa shape index (κ1) is 25.9. The predicted octanol–water partition coefficient (Wildman–Crippen LogP) is 4.68. The lowest BCUT2D eigenvalue weighted by Gasteiger charge is -2.22. The minimum absolute atomic E-state index is 0.0870. The highest BCUT2D eigenvalue weighted by molar-refractivity contribution is 6.39. The number of aliphatic hydroxyl groups is 1. The van der Waals surface area contributed by atoms with Crippen molar-refractivity contribution in [1.29, 1.82) is 5.26 Å². The molecule has 1 saturated carbocycles. The zero-order valence-electron chi connectivity index (χ0n) is 19.8. The Labute approximate surface area is 218 Å². The summed E-state index contributed by atoms with van der Waals surface area (Å²) in [6.07, 6.45) is 5.85. The summed E-state index contributed by atoms with van der Waals surface area (Å²) in [7, 11) is 0. The molecule has 0 radical (unpaired) electrons. The molecule has 3 atom stereocenters. The standard InChI is InChI=1S/C24H28Cl2N8O2/c1-2-3-15(5-7-20(28)36)34-22-19(12-29-23(33-22)30-14-4-6-16(35)10-14)31-24(34)32-21-17(25)8-13(11-27)9-18(21)26/h8-9,12,14-16,35H,2-7,10H2,1H3,(H2,28,36)(H,31,32)(H,29,30,33)/t14-,15-,16-/m1/s1. The van der Waals surface area contributed by atoms with Gasteiger partial charge in [-0.2, -0.15) is 10.2 Å². The Kier molecular flexibility index (Phi) is 8.14. The third kappa shape index (κ3) is 5.81. The maximum Gasteiger partial charge on any atom is 0.224 e. The molecule has 1 aliphatic carbocycles. The summed E-state index contributed by atoms with van der Waals surface area (Å²) in [5.74, 6) is 0.489. The molecule has 0 spiro atoms. The van der Waals surface area contributed by atoms with Crippen LogP contribution < -0.4 is 16.4 Å². The Balaban J connectivity index is 1.78. The van der Waals surface area contributed by atoms with Gasteiger partial charge >= 0.3 is 0 Å². The largest absolute Gasteiger partial charge is 0.393 e. The number of halogens is 2. The Morgan fingerprint density at radius 3 is 2.67 bits per heavy atom. The molecule has 36 heavy (non-hydrogen) atoms. The Bertz CT molecular complexity index is 1280. The van der Waals surface area contributed by atoms with Gasteiger partial charge in [0.1, 0.15) is 5.52 Å². The minimum Gasteiger partial charge on any atom is -0.393 e. The average Bonchev–Trinajstić information content (AvgIpc) is 3.41. The lowest BCUT2D eigenvalue weighted by molar-refractivity contribution is -0.118. The number of imidazole rings is 1. The summed E-state index contributed by atoms with van der Waals surface area (Å²) < 4.78 is 1.93. The van der Waals surface area contributed by atoms with E-state index in [1.807, 2.05) is 10.6 Å². The van der Waals surface area contributed by atoms with Gasteiger partial charge in [0, 0.05) is 18.5 Å². The first-order chi connectivity index (χ1) is 17.3. The number of primary amides is 1. The smallest absolute Gasteiger partial charge is 0.224 e. The van der Waals surface area contributed by atoms with Crippen LogP contribution in [0.3, 0.4) is 0 Å². The van der Waals surface area contributed by atoms with Crippen LogP contribution in [0.5, 0.6) is 0 Å². The van der Waals surface area contributed by atoms with Crippen molar-refractivity contribution in [2.24, 2.45) is 5.73 Å². The molecule has 2 aromatic heterocycles. The van der Waals surface area contributed by atoms with Gasteiger partial charge in [-0.1, -0.05) is 36.5 Å². The fourth-order valence-corrected chi connectivity index (χ4v) is 5.16. The molecule has 10 nitrogen and oxygen atoms in total. The fraction of sp³-hybridized carbons (Fsp3) is 0.458. The van der Waals surface area contributed by atoms with E-state index in [-0.39, 0.29) is 40.6 Å². The number of hydrogen-bond donors (Lipinski definition) is 4. The van der Waals surface area contributed by atoms with Gasteiger partial charge in [0.2, 0.25) is 17.8 Å². The molecule has 1 fully saturated rings. The van der Waals surface area contributed by atoms with Crippen LogP contribution in [0.2, 0.25) is 10.0 Å². The second-order valence-corrected chi connectivity index (χ2v) is 9.83. The second-order valence-electron chi connectivity index (χ2n) is 9.02. The number of aliphatic hydroxyl groups excluding tert-OH is 1. The van der Waals surface area contributed by atoms with Crippen molar-refractivity contribution in [3.05, 3.63) is 33.9 Å². The maximum absolute atomic E-state index is 11.6. The van der Waals surface area contributed by atoms with Crippen LogP contribution in [0, 0.1) is 11.3 Å². The normalized spacial score (nSPS) is 18.2. The molecular weight excluding hydrogens is 503 g/mol. The average molecular weight is 531 g/mol. The van der Waals surface area contributed by atoms with Crippen molar-refractivity contribution in [3.63, 3.8) is 0 Å². The third-order valence-corrected chi connectivity index (χ3v) is 6.89. The molecule has 1 aromatic carbocycles. The topological polar surface area (TPSA) is 155 Å². The molecule has 12 heteroatoms. The van der Waals surface area contributed by atoms with Crippen molar-refractivity contribution >= 4 is 57.9 Å². The lowest BCUT2D eigenvalue weighted by Crippen LogP contribution is -2.19. The zero-order chi connectivity index (χ0) is 25.8. The highest BCUT2D eigenvalue weighted by atomic mass is 35.5. The second kappa shape index (κ2) is 11.3. The van der Waals surface area contributed by atoms with Crippen LogP contribution >= 0.6 is 23.2 Å². The zero-order valence-corrected chi connectivity index (χ0v) is 21.4. The van der Waals surface area contributed by atoms with E-state index in [1.165, 1.54) is 12.1 Å². The van der Waals surface area contributed by atoms with Crippen LogP contribution in [-0.4, -0.2) is 42.7 Å². The molecule has 0 bridgehead atoms. The van der Waals surface area contributed by atoms with Crippen LogP contribution in [0.25, 0.3) is 11.2 Å². The summed E-state index contributed by atoms with van der Waals surface area (Å²) in [6.45, 7) is 2.06. The summed E-state index contributed by atoms with van der Waals surface area (Å²) in [5.41, 5.74) is 7.34. The van der Waals surface area contributed by atoms with Gasteiger partial charge in [0.25, 0.3) is 0 Å². The fourth-order valence-electron chi connectivity index (χ4n) is 4.58. The third-order valence-electron chi connectivity index (χ3n) is 6.29. The molecule has 190 valence electrons. The number of aromatic nitrogens is 4. The van der Waals surface area contributed by atoms with Gasteiger partial charge in [0.05, 0.1) is 39.7 Å². The Hall–Kier alpha value is -3.13. The Morgan fingerprint density at radius 2 is 2.06 bits per heavy atom. The SMILES string of the molecule is CCC[C@H](CCC(N)=O)n1c(Nc2c(Cl)cc(C#N)cc2Cl)nc2cnc(N[C@@H]3CC[C@@H](O)C3)nc21. The van der Waals surface area contributed by atoms with Crippen molar-refractivity contribution in [3.8, 4) is 6.07 Å². The first-order valence-electron chi connectivity index (χ1n) is 11.9. The molecule has 2 heterocycles. The van der Waals surface area contributed by atoms with Gasteiger partial charge in [-0.25, -0.2) is 9.97 Å². The predicted molar refractivity (Wildman–Crippen MR) is 139 cm³/mol. The van der Waals surface area contributed by atoms with Crippen LogP contribution in [-0.2, 0) is 4.79 Å². The molecule has 5 N–H and O–H groups in total. The molecule has 1 aliphatic rings. The molecule has 3 aromatic rings. The molecule has 0 unspecified atom stereocenters. The van der Waals surface area contributed by atoms with Gasteiger partial charge in [0.15, 0.2) is 5.65 Å². The molecule has 4 rings (SSSR count). The molecule has 1 amide bonds. The number of amides is 1. The Morgan fingerprint density at radius 1 is 1.31 bits per heavy atom. The van der Waals surface area contributed by atoms with Gasteiger partial charge in [-0.15, -0.1) is 0 Å². The van der Waals surface area contributed by atoms with Crippen LogP contribution in [0.1, 0.15) is 63.5 Å². The molecule has 0 saturated heterocycles. The van der Waals surface area contributed by atoms with Gasteiger partial charge in [-0.3, -0.25) is 9.36 Å². The minimum atomic E-state index is -0.384. The van der Waals surface area contributed by atoms with E-state index in [9.17, 15) is 15.2 Å². The number of nitrogens with two attached hydrogens (primary N) is 1.